The molecule has 1 aromatic heterocycles. The lowest BCUT2D eigenvalue weighted by Gasteiger charge is -2.13. The summed E-state index contributed by atoms with van der Waals surface area (Å²) in [5, 5.41) is 3.30. The molecule has 1 atom stereocenters. The van der Waals surface area contributed by atoms with Crippen LogP contribution < -0.4 is 15.5 Å². The van der Waals surface area contributed by atoms with Crippen LogP contribution in [0.3, 0.4) is 0 Å². The predicted octanol–water partition coefficient (Wildman–Crippen LogP) is 4.57. The van der Waals surface area contributed by atoms with E-state index in [0.717, 1.165) is 28.6 Å². The van der Waals surface area contributed by atoms with Gasteiger partial charge >= 0.3 is 0 Å². The number of rotatable bonds is 5. The maximum atomic E-state index is 13.0. The third kappa shape index (κ3) is 3.25. The summed E-state index contributed by atoms with van der Waals surface area (Å²) in [7, 11) is 0. The van der Waals surface area contributed by atoms with Gasteiger partial charge < -0.3 is 14.5 Å². The SMILES string of the molecule is CCCCOc1ccc(C2NC(=O)c3oc4ccc(Br)cc4c(=O)c32)cc1. The molecule has 2 aromatic carbocycles. The number of amides is 1. The molecule has 0 radical (unpaired) electrons. The van der Waals surface area contributed by atoms with E-state index in [9.17, 15) is 9.59 Å². The fourth-order valence-electron chi connectivity index (χ4n) is 3.22. The van der Waals surface area contributed by atoms with Crippen LogP contribution in [-0.4, -0.2) is 12.5 Å². The summed E-state index contributed by atoms with van der Waals surface area (Å²) in [6, 6.07) is 12.1. The van der Waals surface area contributed by atoms with Crippen LogP contribution in [0.15, 0.2) is 56.1 Å². The molecule has 4 rings (SSSR count). The van der Waals surface area contributed by atoms with E-state index in [1.165, 1.54) is 0 Å². The highest BCUT2D eigenvalue weighted by molar-refractivity contribution is 9.10. The number of halogens is 1. The fraction of sp³-hybridized carbons (Fsp3) is 0.238. The van der Waals surface area contributed by atoms with Gasteiger partial charge in [-0.25, -0.2) is 0 Å². The third-order valence-corrected chi connectivity index (χ3v) is 5.13. The summed E-state index contributed by atoms with van der Waals surface area (Å²) in [6.45, 7) is 2.78. The molecule has 0 fully saturated rings. The zero-order valence-corrected chi connectivity index (χ0v) is 16.3. The number of hydrogen-bond acceptors (Lipinski definition) is 4. The highest BCUT2D eigenvalue weighted by atomic mass is 79.9. The summed E-state index contributed by atoms with van der Waals surface area (Å²) >= 11 is 3.38. The van der Waals surface area contributed by atoms with Crippen molar-refractivity contribution in [3.05, 3.63) is 74.0 Å². The molecule has 2 heterocycles. The van der Waals surface area contributed by atoms with Crippen molar-refractivity contribution in [3.8, 4) is 5.75 Å². The summed E-state index contributed by atoms with van der Waals surface area (Å²) < 4.78 is 12.2. The van der Waals surface area contributed by atoms with Gasteiger partial charge in [-0.2, -0.15) is 0 Å². The monoisotopic (exact) mass is 427 g/mol. The first-order chi connectivity index (χ1) is 13.1. The van der Waals surface area contributed by atoms with Crippen LogP contribution in [0.25, 0.3) is 11.0 Å². The van der Waals surface area contributed by atoms with Crippen molar-refractivity contribution in [2.45, 2.75) is 25.8 Å². The molecule has 138 valence electrons. The Kier molecular flexibility index (Phi) is 4.74. The van der Waals surface area contributed by atoms with Gasteiger partial charge in [0, 0.05) is 4.47 Å². The van der Waals surface area contributed by atoms with Gasteiger partial charge in [-0.15, -0.1) is 0 Å². The average molecular weight is 428 g/mol. The number of nitrogens with one attached hydrogen (secondary N) is 1. The number of ether oxygens (including phenoxy) is 1. The second kappa shape index (κ2) is 7.19. The number of carbonyl (C=O) groups excluding carboxylic acids is 1. The Labute approximate surface area is 164 Å². The van der Waals surface area contributed by atoms with E-state index >= 15 is 0 Å². The van der Waals surface area contributed by atoms with E-state index in [0.29, 0.717) is 23.1 Å². The molecule has 0 saturated heterocycles. The van der Waals surface area contributed by atoms with Crippen LogP contribution >= 0.6 is 15.9 Å². The van der Waals surface area contributed by atoms with Crippen molar-refractivity contribution >= 4 is 32.8 Å². The Morgan fingerprint density at radius 1 is 1.15 bits per heavy atom. The van der Waals surface area contributed by atoms with Gasteiger partial charge in [0.1, 0.15) is 11.3 Å². The summed E-state index contributed by atoms with van der Waals surface area (Å²) in [6.07, 6.45) is 2.07. The van der Waals surface area contributed by atoms with E-state index in [1.807, 2.05) is 24.3 Å². The highest BCUT2D eigenvalue weighted by Gasteiger charge is 2.35. The molecular weight excluding hydrogens is 410 g/mol. The van der Waals surface area contributed by atoms with Crippen LogP contribution in [0, 0.1) is 0 Å². The van der Waals surface area contributed by atoms with Crippen molar-refractivity contribution in [1.82, 2.24) is 5.32 Å². The van der Waals surface area contributed by atoms with E-state index in [2.05, 4.69) is 28.2 Å². The zero-order valence-electron chi connectivity index (χ0n) is 14.8. The standard InChI is InChI=1S/C21H18BrNO4/c1-2-3-10-26-14-7-4-12(5-8-14)18-17-19(24)15-11-13(22)6-9-16(15)27-20(17)21(25)23-18/h4-9,11,18H,2-3,10H2,1H3,(H,23,25). The van der Waals surface area contributed by atoms with Gasteiger partial charge in [0.15, 0.2) is 5.43 Å². The van der Waals surface area contributed by atoms with Gasteiger partial charge in [-0.05, 0) is 42.3 Å². The van der Waals surface area contributed by atoms with Gasteiger partial charge in [0.05, 0.1) is 23.6 Å². The summed E-state index contributed by atoms with van der Waals surface area (Å²) in [4.78, 5) is 25.4. The molecule has 1 unspecified atom stereocenters. The normalized spacial score (nSPS) is 15.6. The van der Waals surface area contributed by atoms with Crippen LogP contribution in [0.2, 0.25) is 0 Å². The lowest BCUT2D eigenvalue weighted by Crippen LogP contribution is -2.21. The molecule has 0 aliphatic carbocycles. The molecule has 3 aromatic rings. The minimum Gasteiger partial charge on any atom is -0.494 e. The van der Waals surface area contributed by atoms with E-state index in [1.54, 1.807) is 18.2 Å². The molecule has 1 aliphatic heterocycles. The van der Waals surface area contributed by atoms with Crippen molar-refractivity contribution < 1.29 is 13.9 Å². The van der Waals surface area contributed by atoms with Crippen molar-refractivity contribution in [1.29, 1.82) is 0 Å². The van der Waals surface area contributed by atoms with E-state index < -0.39 is 6.04 Å². The van der Waals surface area contributed by atoms with Gasteiger partial charge in [0.25, 0.3) is 5.91 Å². The molecule has 1 amide bonds. The third-order valence-electron chi connectivity index (χ3n) is 4.64. The van der Waals surface area contributed by atoms with Crippen LogP contribution in [0.4, 0.5) is 0 Å². The molecular formula is C21H18BrNO4. The first-order valence-electron chi connectivity index (χ1n) is 8.88. The average Bonchev–Trinajstić information content (AvgIpc) is 3.00. The number of hydrogen-bond donors (Lipinski definition) is 1. The predicted molar refractivity (Wildman–Crippen MR) is 106 cm³/mol. The summed E-state index contributed by atoms with van der Waals surface area (Å²) in [5.74, 6) is 0.481. The van der Waals surface area contributed by atoms with Crippen molar-refractivity contribution in [3.63, 3.8) is 0 Å². The Balaban J connectivity index is 1.73. The topological polar surface area (TPSA) is 68.5 Å². The Bertz CT molecular complexity index is 1070. The summed E-state index contributed by atoms with van der Waals surface area (Å²) in [5.41, 5.74) is 1.37. The number of carbonyl (C=O) groups is 1. The van der Waals surface area contributed by atoms with Crippen molar-refractivity contribution in [2.24, 2.45) is 0 Å². The Morgan fingerprint density at radius 2 is 1.93 bits per heavy atom. The second-order valence-electron chi connectivity index (χ2n) is 6.49. The fourth-order valence-corrected chi connectivity index (χ4v) is 3.58. The largest absolute Gasteiger partial charge is 0.494 e. The van der Waals surface area contributed by atoms with Gasteiger partial charge in [-0.3, -0.25) is 9.59 Å². The second-order valence-corrected chi connectivity index (χ2v) is 7.41. The molecule has 0 spiro atoms. The first kappa shape index (κ1) is 17.8. The van der Waals surface area contributed by atoms with Gasteiger partial charge in [0.2, 0.25) is 5.76 Å². The van der Waals surface area contributed by atoms with Crippen LogP contribution in [0.5, 0.6) is 5.75 Å². The smallest absolute Gasteiger partial charge is 0.288 e. The number of unbranched alkanes of at least 4 members (excludes halogenated alkanes) is 1. The Morgan fingerprint density at radius 3 is 2.67 bits per heavy atom. The molecule has 1 N–H and O–H groups in total. The minimum absolute atomic E-state index is 0.0862. The van der Waals surface area contributed by atoms with Gasteiger partial charge in [-0.1, -0.05) is 41.4 Å². The molecule has 0 saturated carbocycles. The molecule has 27 heavy (non-hydrogen) atoms. The molecule has 5 nitrogen and oxygen atoms in total. The van der Waals surface area contributed by atoms with Crippen LogP contribution in [0.1, 0.15) is 47.5 Å². The molecule has 0 bridgehead atoms. The first-order valence-corrected chi connectivity index (χ1v) is 9.67. The Hall–Kier alpha value is -2.60. The maximum Gasteiger partial charge on any atom is 0.288 e. The number of benzene rings is 2. The lowest BCUT2D eigenvalue weighted by atomic mass is 9.99. The minimum atomic E-state index is -0.531. The van der Waals surface area contributed by atoms with Crippen molar-refractivity contribution in [2.75, 3.05) is 6.61 Å². The van der Waals surface area contributed by atoms with Crippen LogP contribution in [-0.2, 0) is 0 Å². The number of fused-ring (bicyclic) bond motifs is 2. The highest BCUT2D eigenvalue weighted by Crippen LogP contribution is 2.32. The molecule has 1 aliphatic rings. The maximum absolute atomic E-state index is 13.0. The van der Waals surface area contributed by atoms with E-state index in [-0.39, 0.29) is 17.1 Å². The molecule has 6 heteroatoms. The quantitative estimate of drug-likeness (QED) is 0.605. The zero-order chi connectivity index (χ0) is 19.0. The van der Waals surface area contributed by atoms with E-state index in [4.69, 9.17) is 9.15 Å². The lowest BCUT2D eigenvalue weighted by molar-refractivity contribution is 0.0938.